The van der Waals surface area contributed by atoms with E-state index in [1.54, 1.807) is 0 Å². The van der Waals surface area contributed by atoms with Gasteiger partial charge in [0.05, 0.1) is 11.8 Å². The summed E-state index contributed by atoms with van der Waals surface area (Å²) in [5.74, 6) is -0.177. The normalized spacial score (nSPS) is 17.2. The van der Waals surface area contributed by atoms with Crippen LogP contribution in [0.15, 0.2) is 0 Å². The van der Waals surface area contributed by atoms with Crippen molar-refractivity contribution in [3.05, 3.63) is 0 Å². The van der Waals surface area contributed by atoms with Crippen LogP contribution in [-0.4, -0.2) is 26.8 Å². The van der Waals surface area contributed by atoms with E-state index in [0.29, 0.717) is 6.29 Å². The van der Waals surface area contributed by atoms with Crippen LogP contribution in [0.2, 0.25) is 0 Å². The Morgan fingerprint density at radius 1 is 1.88 bits per heavy atom. The number of aldehydes is 1. The second-order valence-corrected chi connectivity index (χ2v) is 2.26. The van der Waals surface area contributed by atoms with Gasteiger partial charge < -0.3 is 15.1 Å². The van der Waals surface area contributed by atoms with E-state index in [1.165, 1.54) is 0 Å². The maximum atomic E-state index is 9.84. The zero-order valence-corrected chi connectivity index (χ0v) is 4.93. The first-order valence-corrected chi connectivity index (χ1v) is 3.22. The minimum atomic E-state index is -1.95. The molecule has 2 unspecified atom stereocenters. The highest BCUT2D eigenvalue weighted by Gasteiger charge is 2.01. The molecule has 0 aliphatic carbocycles. The minimum absolute atomic E-state index is 0.177. The van der Waals surface area contributed by atoms with Crippen LogP contribution in [0.25, 0.3) is 0 Å². The Hall–Kier alpha value is -0.260. The molecule has 0 spiro atoms. The lowest BCUT2D eigenvalue weighted by atomic mass is 10.4. The first-order chi connectivity index (χ1) is 3.66. The molecule has 0 amide bonds. The van der Waals surface area contributed by atoms with E-state index in [4.69, 9.17) is 10.3 Å². The van der Waals surface area contributed by atoms with Crippen molar-refractivity contribution in [2.75, 3.05) is 5.75 Å². The van der Waals surface area contributed by atoms with Gasteiger partial charge in [-0.3, -0.25) is 0 Å². The van der Waals surface area contributed by atoms with E-state index in [0.717, 1.165) is 0 Å². The van der Waals surface area contributed by atoms with Gasteiger partial charge in [-0.25, -0.2) is 4.21 Å². The lowest BCUT2D eigenvalue weighted by molar-refractivity contribution is -0.108. The lowest BCUT2D eigenvalue weighted by Gasteiger charge is -1.95. The highest BCUT2D eigenvalue weighted by molar-refractivity contribution is 7.79. The molecule has 0 aromatic carbocycles. The minimum Gasteiger partial charge on any atom is -0.321 e. The third-order valence-electron chi connectivity index (χ3n) is 0.510. The Morgan fingerprint density at radius 2 is 2.38 bits per heavy atom. The first kappa shape index (κ1) is 7.74. The van der Waals surface area contributed by atoms with E-state index in [2.05, 4.69) is 0 Å². The molecule has 0 fully saturated rings. The van der Waals surface area contributed by atoms with Gasteiger partial charge in [-0.15, -0.1) is 0 Å². The summed E-state index contributed by atoms with van der Waals surface area (Å²) in [5, 5.41) is 0. The van der Waals surface area contributed by atoms with E-state index >= 15 is 0 Å². The summed E-state index contributed by atoms with van der Waals surface area (Å²) in [4.78, 5) is 9.67. The molecule has 0 radical (unpaired) electrons. The van der Waals surface area contributed by atoms with Crippen LogP contribution in [0.5, 0.6) is 0 Å². The van der Waals surface area contributed by atoms with Gasteiger partial charge in [0.2, 0.25) is 0 Å². The van der Waals surface area contributed by atoms with Gasteiger partial charge in [-0.05, 0) is 0 Å². The standard InChI is InChI=1S/C3H7NO3S/c4-3(1-5)2-8(6)7/h1,3H,2,4H2,(H,6,7). The second-order valence-electron chi connectivity index (χ2n) is 1.29. The predicted molar refractivity (Wildman–Crippen MR) is 29.7 cm³/mol. The highest BCUT2D eigenvalue weighted by atomic mass is 32.2. The summed E-state index contributed by atoms with van der Waals surface area (Å²) in [7, 11) is 0. The second kappa shape index (κ2) is 3.71. The largest absolute Gasteiger partial charge is 0.321 e. The van der Waals surface area contributed by atoms with E-state index < -0.39 is 17.1 Å². The van der Waals surface area contributed by atoms with E-state index in [1.807, 2.05) is 0 Å². The van der Waals surface area contributed by atoms with Crippen LogP contribution < -0.4 is 5.73 Å². The summed E-state index contributed by atoms with van der Waals surface area (Å²) in [5.41, 5.74) is 4.95. The van der Waals surface area contributed by atoms with E-state index in [9.17, 15) is 9.00 Å². The Morgan fingerprint density at radius 3 is 2.50 bits per heavy atom. The fourth-order valence-corrected chi connectivity index (χ4v) is 0.612. The van der Waals surface area contributed by atoms with Crippen molar-refractivity contribution in [1.29, 1.82) is 0 Å². The van der Waals surface area contributed by atoms with Crippen LogP contribution in [-0.2, 0) is 15.9 Å². The van der Waals surface area contributed by atoms with Crippen molar-refractivity contribution in [3.63, 3.8) is 0 Å². The fraction of sp³-hybridized carbons (Fsp3) is 0.667. The zero-order chi connectivity index (χ0) is 6.57. The molecule has 0 bridgehead atoms. The molecule has 2 atom stereocenters. The molecule has 4 nitrogen and oxygen atoms in total. The van der Waals surface area contributed by atoms with Crippen LogP contribution in [0.3, 0.4) is 0 Å². The fourth-order valence-electron chi connectivity index (χ4n) is 0.204. The van der Waals surface area contributed by atoms with Gasteiger partial charge in [-0.1, -0.05) is 0 Å². The quantitative estimate of drug-likeness (QED) is 0.375. The monoisotopic (exact) mass is 137 g/mol. The molecule has 0 aliphatic heterocycles. The van der Waals surface area contributed by atoms with Gasteiger partial charge in [0.25, 0.3) is 0 Å². The van der Waals surface area contributed by atoms with Crippen molar-refractivity contribution < 1.29 is 13.6 Å². The maximum absolute atomic E-state index is 9.84. The SMILES string of the molecule is NC(C=O)CS(=O)O. The summed E-state index contributed by atoms with van der Waals surface area (Å²) < 4.78 is 17.9. The third-order valence-corrected chi connectivity index (χ3v) is 1.18. The lowest BCUT2D eigenvalue weighted by Crippen LogP contribution is -2.28. The predicted octanol–water partition coefficient (Wildman–Crippen LogP) is -1.27. The number of hydrogen-bond acceptors (Lipinski definition) is 3. The molecule has 0 aromatic rings. The molecule has 3 N–H and O–H groups in total. The third kappa shape index (κ3) is 3.91. The van der Waals surface area contributed by atoms with E-state index in [-0.39, 0.29) is 5.75 Å². The molecule has 0 saturated heterocycles. The Bertz CT molecular complexity index is 105. The van der Waals surface area contributed by atoms with Gasteiger partial charge in [0.1, 0.15) is 6.29 Å². The Labute approximate surface area is 49.3 Å². The molecule has 48 valence electrons. The number of hydrogen-bond donors (Lipinski definition) is 2. The van der Waals surface area contributed by atoms with Crippen molar-refractivity contribution in [2.45, 2.75) is 6.04 Å². The highest BCUT2D eigenvalue weighted by Crippen LogP contribution is 1.75. The first-order valence-electron chi connectivity index (χ1n) is 1.95. The maximum Gasteiger partial charge on any atom is 0.154 e. The number of carbonyl (C=O) groups is 1. The summed E-state index contributed by atoms with van der Waals surface area (Å²) in [6, 6.07) is -0.805. The van der Waals surface area contributed by atoms with Crippen LogP contribution in [0.1, 0.15) is 0 Å². The molecule has 0 aliphatic rings. The van der Waals surface area contributed by atoms with Crippen molar-refractivity contribution >= 4 is 17.4 Å². The van der Waals surface area contributed by atoms with Crippen molar-refractivity contribution in [3.8, 4) is 0 Å². The molecular weight excluding hydrogens is 130 g/mol. The Balaban J connectivity index is 3.38. The molecule has 0 saturated carbocycles. The summed E-state index contributed by atoms with van der Waals surface area (Å²) in [6.45, 7) is 0. The zero-order valence-electron chi connectivity index (χ0n) is 4.11. The topological polar surface area (TPSA) is 80.4 Å². The van der Waals surface area contributed by atoms with Gasteiger partial charge in [0.15, 0.2) is 11.1 Å². The Kier molecular flexibility index (Phi) is 3.59. The van der Waals surface area contributed by atoms with Crippen LogP contribution in [0.4, 0.5) is 0 Å². The van der Waals surface area contributed by atoms with Crippen LogP contribution in [0, 0.1) is 0 Å². The molecule has 5 heteroatoms. The smallest absolute Gasteiger partial charge is 0.154 e. The molecule has 8 heavy (non-hydrogen) atoms. The van der Waals surface area contributed by atoms with Crippen molar-refractivity contribution in [2.24, 2.45) is 5.73 Å². The van der Waals surface area contributed by atoms with Gasteiger partial charge in [-0.2, -0.15) is 0 Å². The number of nitrogens with two attached hydrogens (primary N) is 1. The average Bonchev–Trinajstić information content (AvgIpc) is 1.65. The number of carbonyl (C=O) groups excluding carboxylic acids is 1. The molecule has 0 aromatic heterocycles. The van der Waals surface area contributed by atoms with Crippen molar-refractivity contribution in [1.82, 2.24) is 0 Å². The number of rotatable bonds is 3. The molecular formula is C3H7NO3S. The average molecular weight is 137 g/mol. The van der Waals surface area contributed by atoms with Crippen LogP contribution >= 0.6 is 0 Å². The summed E-state index contributed by atoms with van der Waals surface area (Å²) >= 11 is -1.95. The van der Waals surface area contributed by atoms with Gasteiger partial charge in [0, 0.05) is 0 Å². The van der Waals surface area contributed by atoms with Gasteiger partial charge >= 0.3 is 0 Å². The molecule has 0 heterocycles. The summed E-state index contributed by atoms with van der Waals surface area (Å²) in [6.07, 6.45) is 0.439. The molecule has 0 rings (SSSR count).